The first-order valence-electron chi connectivity index (χ1n) is 9.36. The van der Waals surface area contributed by atoms with E-state index in [1.165, 1.54) is 0 Å². The van der Waals surface area contributed by atoms with Crippen molar-refractivity contribution in [1.29, 1.82) is 0 Å². The van der Waals surface area contributed by atoms with Gasteiger partial charge in [-0.1, -0.05) is 54.1 Å². The summed E-state index contributed by atoms with van der Waals surface area (Å²) < 4.78 is 0. The van der Waals surface area contributed by atoms with Crippen LogP contribution in [-0.2, 0) is 0 Å². The van der Waals surface area contributed by atoms with Crippen LogP contribution in [0.25, 0.3) is 10.8 Å². The minimum absolute atomic E-state index is 0.153. The highest BCUT2D eigenvalue weighted by atomic mass is 35.5. The molecule has 1 aliphatic heterocycles. The number of anilines is 1. The van der Waals surface area contributed by atoms with Gasteiger partial charge in [-0.05, 0) is 47.9 Å². The second-order valence-electron chi connectivity index (χ2n) is 7.01. The lowest BCUT2D eigenvalue weighted by Crippen LogP contribution is -2.40. The Morgan fingerprint density at radius 2 is 1.37 bits per heavy atom. The third-order valence-corrected chi connectivity index (χ3v) is 5.53. The molecular formula is C25H14ClNO3. The molecule has 0 aromatic heterocycles. The van der Waals surface area contributed by atoms with Gasteiger partial charge in [0.05, 0.1) is 5.69 Å². The maximum atomic E-state index is 13.2. The first-order valence-corrected chi connectivity index (χ1v) is 9.74. The zero-order valence-corrected chi connectivity index (χ0v) is 16.4. The lowest BCUT2D eigenvalue weighted by Gasteiger charge is -2.27. The van der Waals surface area contributed by atoms with Crippen molar-refractivity contribution in [2.45, 2.75) is 0 Å². The van der Waals surface area contributed by atoms with Gasteiger partial charge in [0.15, 0.2) is 5.78 Å². The molecule has 4 aromatic rings. The summed E-state index contributed by atoms with van der Waals surface area (Å²) in [6, 6.07) is 23.9. The van der Waals surface area contributed by atoms with Crippen molar-refractivity contribution >= 4 is 45.7 Å². The molecule has 0 unspecified atom stereocenters. The topological polar surface area (TPSA) is 54.5 Å². The summed E-state index contributed by atoms with van der Waals surface area (Å²) in [5.74, 6) is -1.01. The molecule has 0 saturated carbocycles. The van der Waals surface area contributed by atoms with Crippen LogP contribution in [0, 0.1) is 0 Å². The molecule has 1 aliphatic rings. The van der Waals surface area contributed by atoms with Crippen LogP contribution in [0.4, 0.5) is 5.69 Å². The van der Waals surface area contributed by atoms with Crippen molar-refractivity contribution in [3.63, 3.8) is 0 Å². The van der Waals surface area contributed by atoms with E-state index in [1.807, 2.05) is 6.07 Å². The van der Waals surface area contributed by atoms with Gasteiger partial charge in [0.1, 0.15) is 0 Å². The van der Waals surface area contributed by atoms with Gasteiger partial charge in [0, 0.05) is 32.7 Å². The number of carbonyl (C=O) groups excluding carboxylic acids is 3. The molecule has 5 rings (SSSR count). The molecule has 0 atom stereocenters. The predicted molar refractivity (Wildman–Crippen MR) is 116 cm³/mol. The Bertz CT molecular complexity index is 1320. The van der Waals surface area contributed by atoms with Crippen LogP contribution in [0.2, 0.25) is 5.02 Å². The molecule has 30 heavy (non-hydrogen) atoms. The molecule has 1 heterocycles. The molecule has 0 saturated heterocycles. The lowest BCUT2D eigenvalue weighted by atomic mass is 9.88. The summed E-state index contributed by atoms with van der Waals surface area (Å²) >= 11 is 5.95. The monoisotopic (exact) mass is 411 g/mol. The number of imide groups is 1. The van der Waals surface area contributed by atoms with Crippen LogP contribution < -0.4 is 4.90 Å². The van der Waals surface area contributed by atoms with E-state index in [4.69, 9.17) is 11.6 Å². The summed E-state index contributed by atoms with van der Waals surface area (Å²) in [6.07, 6.45) is 0. The number of ketones is 1. The van der Waals surface area contributed by atoms with E-state index in [1.54, 1.807) is 78.9 Å². The Hall–Kier alpha value is -3.76. The van der Waals surface area contributed by atoms with Crippen LogP contribution in [0.3, 0.4) is 0 Å². The normalized spacial score (nSPS) is 13.0. The van der Waals surface area contributed by atoms with Crippen LogP contribution in [0.1, 0.15) is 36.6 Å². The standard InChI is InChI=1S/C25H14ClNO3/c26-16-9-11-17(12-10-16)27-24(29)20-8-4-7-18-19(13-14-21(22(18)20)25(27)30)23(28)15-5-2-1-3-6-15/h1-14H. The molecule has 0 spiro atoms. The molecule has 2 amide bonds. The summed E-state index contributed by atoms with van der Waals surface area (Å²) in [5, 5.41) is 1.62. The van der Waals surface area contributed by atoms with Gasteiger partial charge in [0.25, 0.3) is 11.8 Å². The van der Waals surface area contributed by atoms with Crippen molar-refractivity contribution in [3.8, 4) is 0 Å². The lowest BCUT2D eigenvalue weighted by molar-refractivity contribution is 0.0892. The van der Waals surface area contributed by atoms with Gasteiger partial charge in [-0.2, -0.15) is 0 Å². The van der Waals surface area contributed by atoms with Gasteiger partial charge in [-0.25, -0.2) is 4.90 Å². The summed E-state index contributed by atoms with van der Waals surface area (Å²) in [4.78, 5) is 40.7. The molecule has 144 valence electrons. The number of rotatable bonds is 3. The number of hydrogen-bond acceptors (Lipinski definition) is 3. The van der Waals surface area contributed by atoms with E-state index in [2.05, 4.69) is 0 Å². The molecular weight excluding hydrogens is 398 g/mol. The number of carbonyl (C=O) groups is 3. The second-order valence-corrected chi connectivity index (χ2v) is 7.44. The zero-order chi connectivity index (χ0) is 20.8. The average molecular weight is 412 g/mol. The van der Waals surface area contributed by atoms with Gasteiger partial charge in [-0.15, -0.1) is 0 Å². The Morgan fingerprint density at radius 3 is 2.07 bits per heavy atom. The first-order chi connectivity index (χ1) is 14.6. The first kappa shape index (κ1) is 18.3. The predicted octanol–water partition coefficient (Wildman–Crippen LogP) is 5.52. The van der Waals surface area contributed by atoms with Gasteiger partial charge >= 0.3 is 0 Å². The van der Waals surface area contributed by atoms with Crippen molar-refractivity contribution in [3.05, 3.63) is 112 Å². The van der Waals surface area contributed by atoms with Crippen molar-refractivity contribution < 1.29 is 14.4 Å². The van der Waals surface area contributed by atoms with E-state index in [-0.39, 0.29) is 5.78 Å². The van der Waals surface area contributed by atoms with Gasteiger partial charge < -0.3 is 0 Å². The average Bonchev–Trinajstić information content (AvgIpc) is 2.78. The third kappa shape index (κ3) is 2.73. The van der Waals surface area contributed by atoms with Crippen LogP contribution in [-0.4, -0.2) is 17.6 Å². The largest absolute Gasteiger partial charge is 0.289 e. The number of nitrogens with zero attached hydrogens (tertiary/aromatic N) is 1. The SMILES string of the molecule is O=C(c1ccccc1)c1ccc2c3c(cccc13)C(=O)N(c1ccc(Cl)cc1)C2=O. The van der Waals surface area contributed by atoms with Crippen LogP contribution >= 0.6 is 11.6 Å². The maximum Gasteiger partial charge on any atom is 0.265 e. The van der Waals surface area contributed by atoms with E-state index >= 15 is 0 Å². The number of amides is 2. The Balaban J connectivity index is 1.70. The molecule has 0 N–H and O–H groups in total. The van der Waals surface area contributed by atoms with Crippen molar-refractivity contribution in [2.24, 2.45) is 0 Å². The minimum atomic E-state index is -0.426. The van der Waals surface area contributed by atoms with E-state index in [0.717, 1.165) is 4.90 Å². The number of halogens is 1. The fraction of sp³-hybridized carbons (Fsp3) is 0. The van der Waals surface area contributed by atoms with Gasteiger partial charge in [-0.3, -0.25) is 14.4 Å². The quantitative estimate of drug-likeness (QED) is 0.329. The van der Waals surface area contributed by atoms with E-state index in [0.29, 0.717) is 43.7 Å². The fourth-order valence-electron chi connectivity index (χ4n) is 3.86. The highest BCUT2D eigenvalue weighted by Gasteiger charge is 2.34. The van der Waals surface area contributed by atoms with E-state index in [9.17, 15) is 14.4 Å². The Kier molecular flexibility index (Phi) is 4.23. The Labute approximate surface area is 177 Å². The van der Waals surface area contributed by atoms with Crippen molar-refractivity contribution in [1.82, 2.24) is 0 Å². The summed E-state index contributed by atoms with van der Waals surface area (Å²) in [6.45, 7) is 0. The fourth-order valence-corrected chi connectivity index (χ4v) is 3.99. The zero-order valence-electron chi connectivity index (χ0n) is 15.6. The minimum Gasteiger partial charge on any atom is -0.289 e. The second kappa shape index (κ2) is 6.94. The smallest absolute Gasteiger partial charge is 0.265 e. The molecule has 4 aromatic carbocycles. The third-order valence-electron chi connectivity index (χ3n) is 5.27. The maximum absolute atomic E-state index is 13.2. The molecule has 4 nitrogen and oxygen atoms in total. The molecule has 0 aliphatic carbocycles. The number of benzene rings is 4. The van der Waals surface area contributed by atoms with Crippen molar-refractivity contribution in [2.75, 3.05) is 4.90 Å². The Morgan fingerprint density at radius 1 is 0.700 bits per heavy atom. The molecule has 5 heteroatoms. The number of hydrogen-bond donors (Lipinski definition) is 0. The summed E-state index contributed by atoms with van der Waals surface area (Å²) in [5.41, 5.74) is 2.23. The van der Waals surface area contributed by atoms with Crippen LogP contribution in [0.15, 0.2) is 84.9 Å². The van der Waals surface area contributed by atoms with Gasteiger partial charge in [0.2, 0.25) is 0 Å². The molecule has 0 bridgehead atoms. The van der Waals surface area contributed by atoms with E-state index < -0.39 is 11.8 Å². The highest BCUT2D eigenvalue weighted by molar-refractivity contribution is 6.37. The molecule has 0 radical (unpaired) electrons. The van der Waals surface area contributed by atoms with Crippen LogP contribution in [0.5, 0.6) is 0 Å². The highest BCUT2D eigenvalue weighted by Crippen LogP contribution is 2.35. The molecule has 0 fully saturated rings. The summed E-state index contributed by atoms with van der Waals surface area (Å²) in [7, 11) is 0.